The summed E-state index contributed by atoms with van der Waals surface area (Å²) < 4.78 is 25.7. The molecule has 0 heterocycles. The first-order chi connectivity index (χ1) is 7.85. The van der Waals surface area contributed by atoms with Crippen LogP contribution in [0.1, 0.15) is 39.0 Å². The number of carbonyl (C=O) groups is 2. The molecule has 1 rings (SSSR count). The van der Waals surface area contributed by atoms with Gasteiger partial charge in [0, 0.05) is 18.8 Å². The van der Waals surface area contributed by atoms with Crippen molar-refractivity contribution in [1.29, 1.82) is 0 Å². The number of carboxylic acids is 1. The first-order valence-corrected chi connectivity index (χ1v) is 5.76. The van der Waals surface area contributed by atoms with Crippen LogP contribution in [0.15, 0.2) is 0 Å². The fourth-order valence-corrected chi connectivity index (χ4v) is 1.93. The molecule has 98 valence electrons. The molecule has 4 nitrogen and oxygen atoms in total. The molecular weight excluding hydrogens is 232 g/mol. The monoisotopic (exact) mass is 249 g/mol. The third kappa shape index (κ3) is 3.94. The summed E-state index contributed by atoms with van der Waals surface area (Å²) in [6.07, 6.45) is -0.0718. The minimum absolute atomic E-state index is 0.120. The summed E-state index contributed by atoms with van der Waals surface area (Å²) in [7, 11) is 0. The summed E-state index contributed by atoms with van der Waals surface area (Å²) in [5.74, 6) is -4.67. The predicted molar refractivity (Wildman–Crippen MR) is 56.8 cm³/mol. The van der Waals surface area contributed by atoms with Crippen LogP contribution in [-0.4, -0.2) is 28.9 Å². The van der Waals surface area contributed by atoms with Gasteiger partial charge in [0.05, 0.1) is 0 Å². The van der Waals surface area contributed by atoms with E-state index >= 15 is 0 Å². The number of aliphatic carboxylic acids is 1. The lowest BCUT2D eigenvalue weighted by Gasteiger charge is -2.28. The Kier molecular flexibility index (Phi) is 4.42. The van der Waals surface area contributed by atoms with Crippen molar-refractivity contribution in [3.8, 4) is 0 Å². The summed E-state index contributed by atoms with van der Waals surface area (Å²) in [5, 5.41) is 11.1. The number of halogens is 2. The summed E-state index contributed by atoms with van der Waals surface area (Å²) in [6.45, 7) is 1.65. The zero-order valence-electron chi connectivity index (χ0n) is 9.71. The Morgan fingerprint density at radius 2 is 1.94 bits per heavy atom. The van der Waals surface area contributed by atoms with Crippen molar-refractivity contribution in [2.45, 2.75) is 51.0 Å². The normalized spacial score (nSPS) is 21.8. The standard InChI is InChI=1S/C11H17F2NO3/c1-2-8(10(16)17)14-9(15)7-3-5-11(12,13)6-4-7/h7-8H,2-6H2,1H3,(H,14,15)(H,16,17)/t8-/m1/s1. The van der Waals surface area contributed by atoms with E-state index in [0.29, 0.717) is 0 Å². The van der Waals surface area contributed by atoms with Gasteiger partial charge in [-0.15, -0.1) is 0 Å². The van der Waals surface area contributed by atoms with Crippen molar-refractivity contribution in [1.82, 2.24) is 5.32 Å². The number of hydrogen-bond donors (Lipinski definition) is 2. The van der Waals surface area contributed by atoms with Crippen molar-refractivity contribution in [2.24, 2.45) is 5.92 Å². The third-order valence-electron chi connectivity index (χ3n) is 3.11. The van der Waals surface area contributed by atoms with E-state index in [1.165, 1.54) is 0 Å². The molecule has 17 heavy (non-hydrogen) atoms. The molecule has 0 aromatic carbocycles. The first kappa shape index (κ1) is 13.9. The average Bonchev–Trinajstić information content (AvgIpc) is 2.25. The largest absolute Gasteiger partial charge is 0.480 e. The van der Waals surface area contributed by atoms with Crippen LogP contribution in [0.25, 0.3) is 0 Å². The maximum Gasteiger partial charge on any atom is 0.326 e. The van der Waals surface area contributed by atoms with Crippen LogP contribution in [0, 0.1) is 5.92 Å². The van der Waals surface area contributed by atoms with Gasteiger partial charge in [0.25, 0.3) is 0 Å². The fourth-order valence-electron chi connectivity index (χ4n) is 1.93. The van der Waals surface area contributed by atoms with E-state index < -0.39 is 29.8 Å². The van der Waals surface area contributed by atoms with E-state index in [2.05, 4.69) is 5.32 Å². The van der Waals surface area contributed by atoms with Crippen LogP contribution in [0.4, 0.5) is 8.78 Å². The highest BCUT2D eigenvalue weighted by atomic mass is 19.3. The molecule has 0 radical (unpaired) electrons. The summed E-state index contributed by atoms with van der Waals surface area (Å²) in [4.78, 5) is 22.4. The molecule has 0 aromatic rings. The van der Waals surface area contributed by atoms with Gasteiger partial charge in [-0.2, -0.15) is 0 Å². The van der Waals surface area contributed by atoms with Gasteiger partial charge in [0.15, 0.2) is 0 Å². The van der Waals surface area contributed by atoms with Crippen molar-refractivity contribution in [3.05, 3.63) is 0 Å². The minimum atomic E-state index is -2.67. The van der Waals surface area contributed by atoms with Crippen molar-refractivity contribution >= 4 is 11.9 Å². The highest BCUT2D eigenvalue weighted by Crippen LogP contribution is 2.36. The van der Waals surface area contributed by atoms with Crippen LogP contribution in [0.5, 0.6) is 0 Å². The second-order valence-electron chi connectivity index (χ2n) is 4.44. The Labute approximate surface area is 98.4 Å². The Hall–Kier alpha value is -1.20. The summed E-state index contributed by atoms with van der Waals surface area (Å²) >= 11 is 0. The maximum absolute atomic E-state index is 12.9. The van der Waals surface area contributed by atoms with E-state index in [-0.39, 0.29) is 32.1 Å². The number of hydrogen-bond acceptors (Lipinski definition) is 2. The van der Waals surface area contributed by atoms with Crippen molar-refractivity contribution in [2.75, 3.05) is 0 Å². The number of nitrogens with one attached hydrogen (secondary N) is 1. The van der Waals surface area contributed by atoms with Gasteiger partial charge in [-0.3, -0.25) is 4.79 Å². The molecule has 2 N–H and O–H groups in total. The third-order valence-corrected chi connectivity index (χ3v) is 3.11. The van der Waals surface area contributed by atoms with Gasteiger partial charge >= 0.3 is 5.97 Å². The lowest BCUT2D eigenvalue weighted by atomic mass is 9.86. The van der Waals surface area contributed by atoms with E-state index in [1.54, 1.807) is 6.92 Å². The zero-order valence-corrected chi connectivity index (χ0v) is 9.71. The van der Waals surface area contributed by atoms with Gasteiger partial charge in [-0.25, -0.2) is 13.6 Å². The highest BCUT2D eigenvalue weighted by molar-refractivity contribution is 5.84. The number of carbonyl (C=O) groups excluding carboxylic acids is 1. The highest BCUT2D eigenvalue weighted by Gasteiger charge is 2.37. The maximum atomic E-state index is 12.9. The molecule has 1 aliphatic rings. The molecule has 0 spiro atoms. The fraction of sp³-hybridized carbons (Fsp3) is 0.818. The van der Waals surface area contributed by atoms with Crippen LogP contribution in [0.2, 0.25) is 0 Å². The van der Waals surface area contributed by atoms with Crippen LogP contribution in [0.3, 0.4) is 0 Å². The summed E-state index contributed by atoms with van der Waals surface area (Å²) in [6, 6.07) is -0.926. The molecule has 0 saturated heterocycles. The topological polar surface area (TPSA) is 66.4 Å². The zero-order chi connectivity index (χ0) is 13.1. The van der Waals surface area contributed by atoms with E-state index in [0.717, 1.165) is 0 Å². The van der Waals surface area contributed by atoms with Crippen molar-refractivity contribution < 1.29 is 23.5 Å². The molecule has 0 aliphatic heterocycles. The van der Waals surface area contributed by atoms with E-state index in [9.17, 15) is 18.4 Å². The van der Waals surface area contributed by atoms with Gasteiger partial charge < -0.3 is 10.4 Å². The van der Waals surface area contributed by atoms with Crippen LogP contribution in [-0.2, 0) is 9.59 Å². The molecule has 1 atom stereocenters. The molecule has 0 aromatic heterocycles. The van der Waals surface area contributed by atoms with Gasteiger partial charge in [0.2, 0.25) is 11.8 Å². The molecule has 0 unspecified atom stereocenters. The smallest absolute Gasteiger partial charge is 0.326 e. The number of rotatable bonds is 4. The molecule has 6 heteroatoms. The number of amides is 1. The van der Waals surface area contributed by atoms with Crippen LogP contribution < -0.4 is 5.32 Å². The SMILES string of the molecule is CC[C@@H](NC(=O)C1CCC(F)(F)CC1)C(=O)O. The molecule has 1 saturated carbocycles. The second-order valence-corrected chi connectivity index (χ2v) is 4.44. The first-order valence-electron chi connectivity index (χ1n) is 5.76. The van der Waals surface area contributed by atoms with Gasteiger partial charge in [0.1, 0.15) is 6.04 Å². The number of carboxylic acid groups (broad SMARTS) is 1. The Morgan fingerprint density at radius 1 is 1.41 bits per heavy atom. The van der Waals surface area contributed by atoms with Crippen molar-refractivity contribution in [3.63, 3.8) is 0 Å². The number of alkyl halides is 2. The minimum Gasteiger partial charge on any atom is -0.480 e. The van der Waals surface area contributed by atoms with E-state index in [1.807, 2.05) is 0 Å². The van der Waals surface area contributed by atoms with Gasteiger partial charge in [-0.1, -0.05) is 6.92 Å². The molecule has 1 aliphatic carbocycles. The molecule has 0 bridgehead atoms. The quantitative estimate of drug-likeness (QED) is 0.798. The Morgan fingerprint density at radius 3 is 2.35 bits per heavy atom. The lowest BCUT2D eigenvalue weighted by molar-refractivity contribution is -0.143. The molecular formula is C11H17F2NO3. The average molecular weight is 249 g/mol. The molecule has 1 fully saturated rings. The lowest BCUT2D eigenvalue weighted by Crippen LogP contribution is -2.44. The summed E-state index contributed by atoms with van der Waals surface area (Å²) in [5.41, 5.74) is 0. The van der Waals surface area contributed by atoms with Gasteiger partial charge in [-0.05, 0) is 19.3 Å². The van der Waals surface area contributed by atoms with E-state index in [4.69, 9.17) is 5.11 Å². The Bertz CT molecular complexity index is 297. The second kappa shape index (κ2) is 5.42. The Balaban J connectivity index is 2.46. The van der Waals surface area contributed by atoms with Crippen LogP contribution >= 0.6 is 0 Å². The predicted octanol–water partition coefficient (Wildman–Crippen LogP) is 1.79. The molecule has 1 amide bonds.